The van der Waals surface area contributed by atoms with E-state index in [2.05, 4.69) is 15.3 Å². The summed E-state index contributed by atoms with van der Waals surface area (Å²) >= 11 is 1.17. The lowest BCUT2D eigenvalue weighted by atomic mass is 10.1. The van der Waals surface area contributed by atoms with Crippen molar-refractivity contribution in [2.45, 2.75) is 13.5 Å². The smallest absolute Gasteiger partial charge is 0.261 e. The number of para-hydroxylation sites is 1. The van der Waals surface area contributed by atoms with Gasteiger partial charge >= 0.3 is 0 Å². The Morgan fingerprint density at radius 1 is 1.31 bits per heavy atom. The Bertz CT molecular complexity index is 1210. The van der Waals surface area contributed by atoms with Gasteiger partial charge in [0.15, 0.2) is 5.13 Å². The molecular weight excluding hydrogens is 355 g/mol. The third kappa shape index (κ3) is 2.95. The Labute approximate surface area is 150 Å². The fraction of sp³-hybridized carbons (Fsp3) is 0.111. The quantitative estimate of drug-likeness (QED) is 0.603. The zero-order chi connectivity index (χ0) is 18.3. The molecule has 1 amide bonds. The van der Waals surface area contributed by atoms with Crippen LogP contribution >= 0.6 is 11.3 Å². The van der Waals surface area contributed by atoms with Crippen LogP contribution in [0.3, 0.4) is 0 Å². The van der Waals surface area contributed by atoms with Gasteiger partial charge in [-0.25, -0.2) is 14.4 Å². The Kier molecular flexibility index (Phi) is 3.96. The number of carbonyl (C=O) groups is 1. The van der Waals surface area contributed by atoms with E-state index in [0.29, 0.717) is 26.3 Å². The number of halogens is 1. The molecule has 8 heteroatoms. The molecule has 4 rings (SSSR count). The molecule has 0 unspecified atom stereocenters. The van der Waals surface area contributed by atoms with E-state index in [1.165, 1.54) is 34.4 Å². The van der Waals surface area contributed by atoms with Gasteiger partial charge in [-0.2, -0.15) is 0 Å². The summed E-state index contributed by atoms with van der Waals surface area (Å²) in [5, 5.41) is 3.47. The molecule has 26 heavy (non-hydrogen) atoms. The minimum Gasteiger partial charge on any atom is -0.300 e. The maximum atomic E-state index is 13.2. The molecule has 4 aromatic rings. The molecule has 0 saturated carbocycles. The van der Waals surface area contributed by atoms with E-state index in [1.807, 2.05) is 13.0 Å². The number of rotatable bonds is 3. The minimum atomic E-state index is -0.402. The molecule has 130 valence electrons. The van der Waals surface area contributed by atoms with Gasteiger partial charge in [-0.3, -0.25) is 14.2 Å². The van der Waals surface area contributed by atoms with Crippen LogP contribution in [0.4, 0.5) is 9.52 Å². The van der Waals surface area contributed by atoms with E-state index >= 15 is 0 Å². The maximum Gasteiger partial charge on any atom is 0.261 e. The molecule has 0 radical (unpaired) electrons. The number of hydrogen-bond donors (Lipinski definition) is 1. The molecule has 0 bridgehead atoms. The number of hydrogen-bond acceptors (Lipinski definition) is 5. The van der Waals surface area contributed by atoms with Gasteiger partial charge in [-0.05, 0) is 36.8 Å². The lowest BCUT2D eigenvalue weighted by molar-refractivity contribution is -0.116. The molecule has 0 fully saturated rings. The van der Waals surface area contributed by atoms with E-state index in [-0.39, 0.29) is 17.9 Å². The molecule has 2 heterocycles. The van der Waals surface area contributed by atoms with Gasteiger partial charge in [0.05, 0.1) is 27.4 Å². The zero-order valence-corrected chi connectivity index (χ0v) is 14.5. The lowest BCUT2D eigenvalue weighted by Gasteiger charge is -2.07. The van der Waals surface area contributed by atoms with Crippen LogP contribution in [0.2, 0.25) is 0 Å². The molecule has 0 aliphatic rings. The van der Waals surface area contributed by atoms with Gasteiger partial charge in [-0.1, -0.05) is 23.5 Å². The molecule has 2 aromatic carbocycles. The molecular formula is C18H13FN4O2S. The Morgan fingerprint density at radius 3 is 3.00 bits per heavy atom. The molecule has 6 nitrogen and oxygen atoms in total. The maximum absolute atomic E-state index is 13.2. The van der Waals surface area contributed by atoms with E-state index in [0.717, 1.165) is 5.56 Å². The first-order chi connectivity index (χ1) is 12.5. The van der Waals surface area contributed by atoms with Crippen LogP contribution in [0, 0.1) is 12.7 Å². The predicted molar refractivity (Wildman–Crippen MR) is 98.9 cm³/mol. The second-order valence-electron chi connectivity index (χ2n) is 5.83. The number of thiazole rings is 1. The van der Waals surface area contributed by atoms with Crippen LogP contribution in [0.5, 0.6) is 0 Å². The van der Waals surface area contributed by atoms with Crippen molar-refractivity contribution in [1.29, 1.82) is 0 Å². The predicted octanol–water partition coefficient (Wildman–Crippen LogP) is 3.09. The van der Waals surface area contributed by atoms with Crippen molar-refractivity contribution < 1.29 is 9.18 Å². The number of carbonyl (C=O) groups excluding carboxylic acids is 1. The van der Waals surface area contributed by atoms with Gasteiger partial charge in [0.2, 0.25) is 5.91 Å². The number of nitrogens with zero attached hydrogens (tertiary/aromatic N) is 3. The summed E-state index contributed by atoms with van der Waals surface area (Å²) in [5.74, 6) is -0.761. The van der Waals surface area contributed by atoms with Crippen molar-refractivity contribution in [3.05, 3.63) is 64.5 Å². The summed E-state index contributed by atoms with van der Waals surface area (Å²) in [7, 11) is 0. The highest BCUT2D eigenvalue weighted by molar-refractivity contribution is 7.22. The fourth-order valence-corrected chi connectivity index (χ4v) is 3.62. The van der Waals surface area contributed by atoms with Gasteiger partial charge in [0, 0.05) is 0 Å². The zero-order valence-electron chi connectivity index (χ0n) is 13.7. The number of amides is 1. The second kappa shape index (κ2) is 6.30. The topological polar surface area (TPSA) is 76.9 Å². The number of aromatic nitrogens is 3. The van der Waals surface area contributed by atoms with Crippen LogP contribution in [-0.2, 0) is 11.3 Å². The van der Waals surface area contributed by atoms with Crippen molar-refractivity contribution in [2.75, 3.05) is 5.32 Å². The molecule has 0 atom stereocenters. The van der Waals surface area contributed by atoms with E-state index in [1.54, 1.807) is 18.2 Å². The van der Waals surface area contributed by atoms with Gasteiger partial charge < -0.3 is 5.32 Å². The number of anilines is 1. The number of nitrogens with one attached hydrogen (secondary N) is 1. The van der Waals surface area contributed by atoms with Gasteiger partial charge in [-0.15, -0.1) is 0 Å². The van der Waals surface area contributed by atoms with Gasteiger partial charge in [0.1, 0.15) is 12.4 Å². The Balaban J connectivity index is 1.58. The molecule has 0 aliphatic carbocycles. The molecule has 0 spiro atoms. The first-order valence-corrected chi connectivity index (χ1v) is 8.63. The van der Waals surface area contributed by atoms with Crippen LogP contribution in [0.15, 0.2) is 47.5 Å². The third-order valence-electron chi connectivity index (χ3n) is 3.97. The highest BCUT2D eigenvalue weighted by Gasteiger charge is 2.12. The largest absolute Gasteiger partial charge is 0.300 e. The van der Waals surface area contributed by atoms with Crippen molar-refractivity contribution in [2.24, 2.45) is 0 Å². The summed E-state index contributed by atoms with van der Waals surface area (Å²) in [6.07, 6.45) is 1.37. The molecule has 2 aromatic heterocycles. The Hall–Kier alpha value is -3.13. The standard InChI is InChI=1S/C18H13FN4O2S/c1-10-3-2-4-12-16(10)20-9-23(17(12)25)8-15(24)22-18-21-13-6-5-11(19)7-14(13)26-18/h2-7,9H,8H2,1H3,(H,21,22,24). The van der Waals surface area contributed by atoms with Gasteiger partial charge in [0.25, 0.3) is 5.56 Å². The highest BCUT2D eigenvalue weighted by atomic mass is 32.1. The second-order valence-corrected chi connectivity index (χ2v) is 6.86. The summed E-state index contributed by atoms with van der Waals surface area (Å²) in [6.45, 7) is 1.70. The molecule has 1 N–H and O–H groups in total. The van der Waals surface area contributed by atoms with Crippen LogP contribution in [-0.4, -0.2) is 20.4 Å². The van der Waals surface area contributed by atoms with E-state index in [9.17, 15) is 14.0 Å². The van der Waals surface area contributed by atoms with Crippen molar-refractivity contribution in [3.8, 4) is 0 Å². The Morgan fingerprint density at radius 2 is 2.15 bits per heavy atom. The number of benzene rings is 2. The summed E-state index contributed by atoms with van der Waals surface area (Å²) in [4.78, 5) is 33.3. The molecule has 0 saturated heterocycles. The van der Waals surface area contributed by atoms with Crippen molar-refractivity contribution >= 4 is 43.5 Å². The van der Waals surface area contributed by atoms with Crippen LogP contribution in [0.1, 0.15) is 5.56 Å². The van der Waals surface area contributed by atoms with Crippen molar-refractivity contribution in [1.82, 2.24) is 14.5 Å². The average Bonchev–Trinajstić information content (AvgIpc) is 2.99. The van der Waals surface area contributed by atoms with Crippen molar-refractivity contribution in [3.63, 3.8) is 0 Å². The van der Waals surface area contributed by atoms with E-state index < -0.39 is 5.91 Å². The average molecular weight is 368 g/mol. The van der Waals surface area contributed by atoms with Crippen LogP contribution < -0.4 is 10.9 Å². The SMILES string of the molecule is Cc1cccc2c(=O)n(CC(=O)Nc3nc4ccc(F)cc4s3)cnc12. The minimum absolute atomic E-state index is 0.181. The van der Waals surface area contributed by atoms with Crippen LogP contribution in [0.25, 0.3) is 21.1 Å². The first kappa shape index (κ1) is 16.3. The first-order valence-electron chi connectivity index (χ1n) is 7.82. The molecule has 0 aliphatic heterocycles. The lowest BCUT2D eigenvalue weighted by Crippen LogP contribution is -2.28. The summed E-state index contributed by atoms with van der Waals surface area (Å²) < 4.78 is 15.1. The normalized spacial score (nSPS) is 11.2. The highest BCUT2D eigenvalue weighted by Crippen LogP contribution is 2.26. The fourth-order valence-electron chi connectivity index (χ4n) is 2.72. The number of aryl methyl sites for hydroxylation is 1. The number of fused-ring (bicyclic) bond motifs is 2. The van der Waals surface area contributed by atoms with E-state index in [4.69, 9.17) is 0 Å². The summed E-state index contributed by atoms with van der Waals surface area (Å²) in [5.41, 5.74) is 1.85. The summed E-state index contributed by atoms with van der Waals surface area (Å²) in [6, 6.07) is 9.58. The monoisotopic (exact) mass is 368 g/mol. The third-order valence-corrected chi connectivity index (χ3v) is 4.90.